The van der Waals surface area contributed by atoms with Crippen LogP contribution in [-0.2, 0) is 13.5 Å². The van der Waals surface area contributed by atoms with Gasteiger partial charge in [-0.2, -0.15) is 0 Å². The zero-order valence-corrected chi connectivity index (χ0v) is 5.92. The molecule has 0 saturated heterocycles. The third-order valence-electron chi connectivity index (χ3n) is 2.04. The summed E-state index contributed by atoms with van der Waals surface area (Å²) in [7, 11) is 1.92. The Morgan fingerprint density at radius 2 is 2.30 bits per heavy atom. The van der Waals surface area contributed by atoms with Crippen LogP contribution in [0.5, 0.6) is 0 Å². The molecule has 2 rings (SSSR count). The van der Waals surface area contributed by atoms with E-state index < -0.39 is 0 Å². The number of rotatable bonds is 0. The fraction of sp³-hybridized carbons (Fsp3) is 0.375. The Morgan fingerprint density at radius 3 is 3.00 bits per heavy atom. The highest BCUT2D eigenvalue weighted by Crippen LogP contribution is 2.21. The van der Waals surface area contributed by atoms with Crippen LogP contribution in [0.3, 0.4) is 0 Å². The summed E-state index contributed by atoms with van der Waals surface area (Å²) in [5.41, 5.74) is 2.13. The maximum Gasteiger partial charge on any atom is 0.179 e. The van der Waals surface area contributed by atoms with E-state index in [0.29, 0.717) is 12.2 Å². The van der Waals surface area contributed by atoms with Crippen molar-refractivity contribution < 1.29 is 4.79 Å². The first-order valence-electron chi connectivity index (χ1n) is 3.46. The van der Waals surface area contributed by atoms with Gasteiger partial charge in [-0.25, -0.2) is 0 Å². The van der Waals surface area contributed by atoms with Crippen LogP contribution >= 0.6 is 0 Å². The summed E-state index contributed by atoms with van der Waals surface area (Å²) in [5.74, 6) is 0.294. The topological polar surface area (TPSA) is 22.0 Å². The van der Waals surface area contributed by atoms with Gasteiger partial charge in [-0.15, -0.1) is 0 Å². The van der Waals surface area contributed by atoms with Crippen molar-refractivity contribution in [1.29, 1.82) is 0 Å². The van der Waals surface area contributed by atoms with Gasteiger partial charge < -0.3 is 4.57 Å². The molecule has 1 aliphatic carbocycles. The van der Waals surface area contributed by atoms with Crippen molar-refractivity contribution in [3.8, 4) is 0 Å². The molecule has 0 fully saturated rings. The second-order valence-electron chi connectivity index (χ2n) is 2.72. The fourth-order valence-electron chi connectivity index (χ4n) is 1.53. The Labute approximate surface area is 59.5 Å². The summed E-state index contributed by atoms with van der Waals surface area (Å²) in [6.07, 6.45) is 3.59. The Morgan fingerprint density at radius 1 is 1.50 bits per heavy atom. The van der Waals surface area contributed by atoms with E-state index in [1.807, 2.05) is 23.9 Å². The van der Waals surface area contributed by atoms with Crippen molar-refractivity contribution in [1.82, 2.24) is 4.57 Å². The maximum absolute atomic E-state index is 11.1. The zero-order valence-electron chi connectivity index (χ0n) is 5.92. The summed E-state index contributed by atoms with van der Waals surface area (Å²) in [5, 5.41) is 0. The van der Waals surface area contributed by atoms with Gasteiger partial charge >= 0.3 is 0 Å². The molecule has 0 aromatic carbocycles. The summed E-state index contributed by atoms with van der Waals surface area (Å²) in [6.45, 7) is 0. The largest absolute Gasteiger partial charge is 0.348 e. The van der Waals surface area contributed by atoms with E-state index >= 15 is 0 Å². The van der Waals surface area contributed by atoms with Crippen LogP contribution in [0, 0.1) is 0 Å². The second-order valence-corrected chi connectivity index (χ2v) is 2.72. The molecule has 0 atom stereocenters. The Kier molecular flexibility index (Phi) is 0.982. The highest BCUT2D eigenvalue weighted by atomic mass is 16.1. The predicted molar refractivity (Wildman–Crippen MR) is 38.1 cm³/mol. The van der Waals surface area contributed by atoms with Gasteiger partial charge in [0.15, 0.2) is 5.78 Å². The van der Waals surface area contributed by atoms with Gasteiger partial charge in [0.05, 0.1) is 5.69 Å². The molecule has 0 bridgehead atoms. The fourth-order valence-corrected chi connectivity index (χ4v) is 1.53. The summed E-state index contributed by atoms with van der Waals surface area (Å²) >= 11 is 0. The van der Waals surface area contributed by atoms with Crippen LogP contribution in [0.15, 0.2) is 12.3 Å². The average molecular weight is 135 g/mol. The molecule has 0 radical (unpaired) electrons. The van der Waals surface area contributed by atoms with Gasteiger partial charge in [-0.05, 0) is 18.1 Å². The van der Waals surface area contributed by atoms with Gasteiger partial charge in [0.25, 0.3) is 0 Å². The molecular weight excluding hydrogens is 126 g/mol. The highest BCUT2D eigenvalue weighted by Gasteiger charge is 2.21. The molecule has 1 aliphatic rings. The molecular formula is C8H9NO. The van der Waals surface area contributed by atoms with Crippen LogP contribution < -0.4 is 0 Å². The summed E-state index contributed by atoms with van der Waals surface area (Å²) in [4.78, 5) is 11.1. The van der Waals surface area contributed by atoms with Crippen LogP contribution in [0.25, 0.3) is 0 Å². The van der Waals surface area contributed by atoms with Crippen molar-refractivity contribution in [2.24, 2.45) is 7.05 Å². The van der Waals surface area contributed by atoms with Gasteiger partial charge in [-0.1, -0.05) is 0 Å². The minimum absolute atomic E-state index is 0.294. The van der Waals surface area contributed by atoms with Crippen molar-refractivity contribution in [2.75, 3.05) is 0 Å². The van der Waals surface area contributed by atoms with E-state index in [4.69, 9.17) is 0 Å². The SMILES string of the molecule is Cn1ccc2c1C(=O)CC2. The van der Waals surface area contributed by atoms with Crippen LogP contribution in [0.2, 0.25) is 0 Å². The van der Waals surface area contributed by atoms with Gasteiger partial charge in [-0.3, -0.25) is 4.79 Å². The van der Waals surface area contributed by atoms with Crippen LogP contribution in [-0.4, -0.2) is 10.4 Å². The zero-order chi connectivity index (χ0) is 7.14. The number of hydrogen-bond donors (Lipinski definition) is 0. The molecule has 1 heterocycles. The van der Waals surface area contributed by atoms with E-state index in [0.717, 1.165) is 12.1 Å². The lowest BCUT2D eigenvalue weighted by Gasteiger charge is -1.94. The number of nitrogens with zero attached hydrogens (tertiary/aromatic N) is 1. The highest BCUT2D eigenvalue weighted by molar-refractivity contribution is 5.99. The van der Waals surface area contributed by atoms with E-state index in [1.165, 1.54) is 5.56 Å². The standard InChI is InChI=1S/C8H9NO/c1-9-5-4-6-2-3-7(10)8(6)9/h4-5H,2-3H2,1H3. The molecule has 0 saturated carbocycles. The van der Waals surface area contributed by atoms with E-state index in [-0.39, 0.29) is 0 Å². The van der Waals surface area contributed by atoms with Crippen molar-refractivity contribution >= 4 is 5.78 Å². The molecule has 1 aromatic rings. The van der Waals surface area contributed by atoms with Crippen LogP contribution in [0.4, 0.5) is 0 Å². The summed E-state index contributed by atoms with van der Waals surface area (Å²) in [6, 6.07) is 2.03. The molecule has 2 nitrogen and oxygen atoms in total. The van der Waals surface area contributed by atoms with Gasteiger partial charge in [0.1, 0.15) is 0 Å². The first-order valence-corrected chi connectivity index (χ1v) is 3.46. The van der Waals surface area contributed by atoms with Gasteiger partial charge in [0, 0.05) is 19.7 Å². The number of Topliss-reactive ketones (excluding diaryl/α,β-unsaturated/α-hetero) is 1. The molecule has 0 aliphatic heterocycles. The average Bonchev–Trinajstić information content (AvgIpc) is 2.40. The number of aryl methyl sites for hydroxylation is 2. The Bertz CT molecular complexity index is 285. The predicted octanol–water partition coefficient (Wildman–Crippen LogP) is 1.15. The first kappa shape index (κ1) is 5.71. The number of carbonyl (C=O) groups is 1. The van der Waals surface area contributed by atoms with Gasteiger partial charge in [0.2, 0.25) is 0 Å². The van der Waals surface area contributed by atoms with Crippen LogP contribution in [0.1, 0.15) is 22.5 Å². The third-order valence-corrected chi connectivity index (χ3v) is 2.04. The molecule has 52 valence electrons. The smallest absolute Gasteiger partial charge is 0.179 e. The number of carbonyl (C=O) groups excluding carboxylic acids is 1. The van der Waals surface area contributed by atoms with Crippen molar-refractivity contribution in [3.05, 3.63) is 23.5 Å². The first-order chi connectivity index (χ1) is 4.79. The number of ketones is 1. The molecule has 0 N–H and O–H groups in total. The van der Waals surface area contributed by atoms with Crippen molar-refractivity contribution in [3.63, 3.8) is 0 Å². The number of aromatic nitrogens is 1. The number of hydrogen-bond acceptors (Lipinski definition) is 1. The Hall–Kier alpha value is -1.05. The second kappa shape index (κ2) is 1.72. The maximum atomic E-state index is 11.1. The lowest BCUT2D eigenvalue weighted by molar-refractivity contribution is 0.0987. The van der Waals surface area contributed by atoms with Crippen molar-refractivity contribution in [2.45, 2.75) is 12.8 Å². The molecule has 0 unspecified atom stereocenters. The van der Waals surface area contributed by atoms with E-state index in [9.17, 15) is 4.79 Å². The lowest BCUT2D eigenvalue weighted by Crippen LogP contribution is -1.99. The molecule has 0 amide bonds. The summed E-state index contributed by atoms with van der Waals surface area (Å²) < 4.78 is 1.91. The molecule has 2 heteroatoms. The van der Waals surface area contributed by atoms with E-state index in [2.05, 4.69) is 0 Å². The molecule has 0 spiro atoms. The minimum Gasteiger partial charge on any atom is -0.348 e. The minimum atomic E-state index is 0.294. The van der Waals surface area contributed by atoms with E-state index in [1.54, 1.807) is 0 Å². The quantitative estimate of drug-likeness (QED) is 0.523. The molecule has 10 heavy (non-hydrogen) atoms. The monoisotopic (exact) mass is 135 g/mol. The lowest BCUT2D eigenvalue weighted by atomic mass is 10.3. The third kappa shape index (κ3) is 0.561. The molecule has 1 aromatic heterocycles. The normalized spacial score (nSPS) is 15.9. The Balaban J connectivity index is 2.65. The number of fused-ring (bicyclic) bond motifs is 1.